The van der Waals surface area contributed by atoms with Crippen LogP contribution < -0.4 is 0 Å². The smallest absolute Gasteiger partial charge is 0.272 e. The van der Waals surface area contributed by atoms with Gasteiger partial charge in [0.15, 0.2) is 0 Å². The third-order valence-corrected chi connectivity index (χ3v) is 9.85. The van der Waals surface area contributed by atoms with Crippen LogP contribution in [0.5, 0.6) is 0 Å². The third kappa shape index (κ3) is 6.16. The fourth-order valence-corrected chi connectivity index (χ4v) is 7.25. The molecule has 0 unspecified atom stereocenters. The Kier molecular flexibility index (Phi) is 8.21. The summed E-state index contributed by atoms with van der Waals surface area (Å²) in [7, 11) is -11.8. The Morgan fingerprint density at radius 2 is 0.620 bits per heavy atom. The number of halogens is 12. The predicted molar refractivity (Wildman–Crippen MR) is 127 cm³/mol. The molecule has 2 saturated heterocycles. The summed E-state index contributed by atoms with van der Waals surface area (Å²) in [5.74, 6) is -15.6. The van der Waals surface area contributed by atoms with E-state index in [-0.39, 0.29) is 24.3 Å². The Morgan fingerprint density at radius 1 is 0.420 bits per heavy atom. The Bertz CT molecular complexity index is 1820. The molecule has 4 amide bonds. The summed E-state index contributed by atoms with van der Waals surface area (Å²) in [6.45, 7) is 0. The van der Waals surface area contributed by atoms with Crippen LogP contribution in [0, 0.1) is 23.7 Å². The number of imide groups is 2. The molecule has 272 valence electrons. The Labute approximate surface area is 268 Å². The van der Waals surface area contributed by atoms with Crippen LogP contribution in [0.25, 0.3) is 0 Å². The molecule has 2 aromatic rings. The van der Waals surface area contributed by atoms with Crippen LogP contribution in [0.3, 0.4) is 0 Å². The van der Waals surface area contributed by atoms with Crippen molar-refractivity contribution < 1.29 is 97.3 Å². The molecule has 0 N–H and O–H groups in total. The van der Waals surface area contributed by atoms with Crippen LogP contribution in [-0.2, 0) is 72.7 Å². The lowest BCUT2D eigenvalue weighted by Crippen LogP contribution is -2.50. The number of hydrogen-bond donors (Lipinski definition) is 0. The van der Waals surface area contributed by atoms with E-state index in [4.69, 9.17) is 0 Å². The van der Waals surface area contributed by atoms with Gasteiger partial charge in [-0.05, 0) is 36.4 Å². The van der Waals surface area contributed by atoms with Crippen molar-refractivity contribution in [2.24, 2.45) is 23.7 Å². The van der Waals surface area contributed by atoms with Crippen molar-refractivity contribution in [1.29, 1.82) is 0 Å². The van der Waals surface area contributed by atoms with Gasteiger partial charge in [0.2, 0.25) is 0 Å². The van der Waals surface area contributed by atoms with Crippen molar-refractivity contribution in [3.05, 3.63) is 58.7 Å². The van der Waals surface area contributed by atoms with E-state index in [0.717, 1.165) is 0 Å². The minimum absolute atomic E-state index is 0.330. The quantitative estimate of drug-likeness (QED) is 0.311. The van der Waals surface area contributed by atoms with Gasteiger partial charge in [-0.25, -0.2) is 0 Å². The summed E-state index contributed by atoms with van der Waals surface area (Å²) in [4.78, 5) is 48.0. The Morgan fingerprint density at radius 3 is 0.800 bits per heavy atom. The lowest BCUT2D eigenvalue weighted by Gasteiger charge is -2.35. The number of carbonyl (C=O) groups is 4. The molecule has 0 spiro atoms. The topological polar surface area (TPSA) is 161 Å². The Hall–Kier alpha value is -4.30. The summed E-state index contributed by atoms with van der Waals surface area (Å²) >= 11 is 0. The molecule has 0 bridgehead atoms. The lowest BCUT2D eigenvalue weighted by molar-refractivity contribution is -0.169. The van der Waals surface area contributed by atoms with Gasteiger partial charge in [0, 0.05) is 0 Å². The fourth-order valence-electron chi connectivity index (χ4n) is 5.31. The van der Waals surface area contributed by atoms with E-state index in [1.54, 1.807) is 0 Å². The van der Waals surface area contributed by atoms with Crippen LogP contribution in [0.2, 0.25) is 0 Å². The molecule has 1 saturated carbocycles. The zero-order chi connectivity index (χ0) is 37.9. The van der Waals surface area contributed by atoms with Gasteiger partial charge in [0.1, 0.15) is 0 Å². The lowest BCUT2D eigenvalue weighted by atomic mass is 9.59. The van der Waals surface area contributed by atoms with Crippen molar-refractivity contribution in [1.82, 2.24) is 10.1 Å². The fraction of sp³-hybridized carbons (Fsp3) is 0.333. The van der Waals surface area contributed by atoms with Crippen molar-refractivity contribution in [2.75, 3.05) is 0 Å². The highest BCUT2D eigenvalue weighted by Crippen LogP contribution is 2.57. The van der Waals surface area contributed by atoms with Gasteiger partial charge in [-0.15, -0.1) is 18.7 Å². The van der Waals surface area contributed by atoms with Crippen molar-refractivity contribution in [3.8, 4) is 0 Å². The first-order chi connectivity index (χ1) is 22.5. The molecule has 2 aliphatic heterocycles. The number of hydroxylamine groups is 4. The number of carbonyl (C=O) groups excluding carboxylic acids is 4. The number of nitrogens with zero attached hydrogens (tertiary/aromatic N) is 2. The van der Waals surface area contributed by atoms with E-state index in [9.17, 15) is 88.7 Å². The standard InChI is InChI=1S/C24H10F12N2O10S2/c25-21(26,27)7-1-8(22(28,29)30)4-11(3-7)49(43,44)47-37-17(39)13-14(18(37)40)16-15(13)19(41)38(20(16)42)48-50(45,46)12-5-9(23(31,32)33)2-10(6-12)24(34,35)36/h1-6,13-16H. The number of amides is 4. The molecule has 5 rings (SSSR count). The summed E-state index contributed by atoms with van der Waals surface area (Å²) in [6, 6.07) is -2.24. The molecule has 12 nitrogen and oxygen atoms in total. The number of alkyl halides is 12. The average molecular weight is 778 g/mol. The minimum Gasteiger partial charge on any atom is -0.272 e. The maximum atomic E-state index is 13.2. The highest BCUT2D eigenvalue weighted by molar-refractivity contribution is 7.87. The van der Waals surface area contributed by atoms with Gasteiger partial charge >= 0.3 is 44.9 Å². The van der Waals surface area contributed by atoms with Crippen molar-refractivity contribution in [3.63, 3.8) is 0 Å². The second-order valence-electron chi connectivity index (χ2n) is 10.6. The first kappa shape index (κ1) is 37.0. The average Bonchev–Trinajstić information content (AvgIpc) is 3.25. The molecule has 2 aromatic carbocycles. The van der Waals surface area contributed by atoms with E-state index >= 15 is 0 Å². The normalized spacial score (nSPS) is 23.4. The van der Waals surface area contributed by atoms with Gasteiger partial charge in [0.05, 0.1) is 55.7 Å². The minimum atomic E-state index is -5.90. The van der Waals surface area contributed by atoms with Crippen LogP contribution >= 0.6 is 0 Å². The number of rotatable bonds is 6. The Balaban J connectivity index is 1.41. The highest BCUT2D eigenvalue weighted by atomic mass is 32.2. The molecule has 2 heterocycles. The van der Waals surface area contributed by atoms with E-state index < -0.39 is 147 Å². The van der Waals surface area contributed by atoms with E-state index in [0.29, 0.717) is 0 Å². The SMILES string of the molecule is O=C1C2C(C(=O)N1OS(=O)(=O)c1cc(C(F)(F)F)cc(C(F)(F)F)c1)C1C(=O)N(OS(=O)(=O)c3cc(C(F)(F)F)cc(C(F)(F)F)c3)C(=O)C21. The molecule has 3 fully saturated rings. The predicted octanol–water partition coefficient (Wildman–Crippen LogP) is 3.92. The second-order valence-corrected chi connectivity index (χ2v) is 13.6. The van der Waals surface area contributed by atoms with Gasteiger partial charge in [0.25, 0.3) is 23.6 Å². The molecule has 0 atom stereocenters. The van der Waals surface area contributed by atoms with Crippen LogP contribution in [0.15, 0.2) is 46.2 Å². The van der Waals surface area contributed by atoms with E-state index in [1.807, 2.05) is 0 Å². The molecule has 3 aliphatic rings. The summed E-state index contributed by atoms with van der Waals surface area (Å²) in [5, 5.41) is -1.33. The monoisotopic (exact) mass is 778 g/mol. The number of hydrogen-bond acceptors (Lipinski definition) is 10. The van der Waals surface area contributed by atoms with Crippen molar-refractivity contribution in [2.45, 2.75) is 34.5 Å². The molecule has 0 radical (unpaired) electrons. The molecule has 0 aromatic heterocycles. The number of fused-ring (bicyclic) bond motifs is 4. The van der Waals surface area contributed by atoms with Gasteiger partial charge < -0.3 is 0 Å². The highest BCUT2D eigenvalue weighted by Gasteiger charge is 2.75. The zero-order valence-corrected chi connectivity index (χ0v) is 24.7. The first-order valence-electron chi connectivity index (χ1n) is 12.7. The third-order valence-electron chi connectivity index (χ3n) is 7.53. The van der Waals surface area contributed by atoms with Crippen LogP contribution in [0.1, 0.15) is 22.3 Å². The molecule has 50 heavy (non-hydrogen) atoms. The summed E-state index contributed by atoms with van der Waals surface area (Å²) < 4.78 is 218. The zero-order valence-electron chi connectivity index (χ0n) is 23.1. The maximum absolute atomic E-state index is 13.2. The molecule has 26 heteroatoms. The molecule has 1 aliphatic carbocycles. The van der Waals surface area contributed by atoms with E-state index in [1.165, 1.54) is 0 Å². The van der Waals surface area contributed by atoms with Crippen molar-refractivity contribution >= 4 is 43.9 Å². The number of benzene rings is 2. The largest absolute Gasteiger partial charge is 0.416 e. The van der Waals surface area contributed by atoms with Gasteiger partial charge in [-0.1, -0.05) is 0 Å². The summed E-state index contributed by atoms with van der Waals surface area (Å²) in [5.41, 5.74) is -8.58. The van der Waals surface area contributed by atoms with Crippen LogP contribution in [0.4, 0.5) is 52.7 Å². The second kappa shape index (κ2) is 11.1. The molecular formula is C24H10F12N2O10S2. The van der Waals surface area contributed by atoms with Gasteiger partial charge in [-0.2, -0.15) is 69.5 Å². The van der Waals surface area contributed by atoms with E-state index in [2.05, 4.69) is 8.57 Å². The summed E-state index contributed by atoms with van der Waals surface area (Å²) in [6.07, 6.45) is -22.2. The van der Waals surface area contributed by atoms with Gasteiger partial charge in [-0.3, -0.25) is 19.2 Å². The first-order valence-corrected chi connectivity index (χ1v) is 15.5. The maximum Gasteiger partial charge on any atom is 0.416 e. The van der Waals surface area contributed by atoms with Crippen LogP contribution in [-0.4, -0.2) is 50.6 Å². The molecular weight excluding hydrogens is 768 g/mol.